The lowest BCUT2D eigenvalue weighted by Gasteiger charge is -2.03. The summed E-state index contributed by atoms with van der Waals surface area (Å²) >= 11 is 0. The molecule has 0 saturated carbocycles. The van der Waals surface area contributed by atoms with Crippen LogP contribution < -0.4 is 5.49 Å². The molecule has 0 radical (unpaired) electrons. The fourth-order valence-electron chi connectivity index (χ4n) is 1.45. The Bertz CT molecular complexity index is 668. The van der Waals surface area contributed by atoms with Gasteiger partial charge in [0.05, 0.1) is 16.6 Å². The van der Waals surface area contributed by atoms with Crippen molar-refractivity contribution in [3.63, 3.8) is 0 Å². The van der Waals surface area contributed by atoms with Crippen molar-refractivity contribution in [3.05, 3.63) is 47.1 Å². The van der Waals surface area contributed by atoms with E-state index in [0.717, 1.165) is 0 Å². The van der Waals surface area contributed by atoms with E-state index in [2.05, 4.69) is 0 Å². The zero-order valence-corrected chi connectivity index (χ0v) is 7.73. The summed E-state index contributed by atoms with van der Waals surface area (Å²) in [6, 6.07) is 10.7. The fourth-order valence-corrected chi connectivity index (χ4v) is 1.45. The Morgan fingerprint density at radius 2 is 1.87 bits per heavy atom. The smallest absolute Gasteiger partial charge is 0.147 e. The number of aromatic nitrogens is 1. The number of hydrogen-bond donors (Lipinski definition) is 1. The second-order valence-electron chi connectivity index (χ2n) is 3.00. The Kier molecular flexibility index (Phi) is 1.97. The molecule has 1 N–H and O–H groups in total. The molecule has 0 aromatic carbocycles. The molecule has 0 aliphatic carbocycles. The van der Waals surface area contributed by atoms with Gasteiger partial charge in [-0.2, -0.15) is 10.5 Å². The largest absolute Gasteiger partial charge is 0.300 e. The van der Waals surface area contributed by atoms with Crippen molar-refractivity contribution in [2.45, 2.75) is 0 Å². The molecule has 0 fully saturated rings. The lowest BCUT2D eigenvalue weighted by atomic mass is 10.1. The summed E-state index contributed by atoms with van der Waals surface area (Å²) in [5.41, 5.74) is 1.36. The number of hydrogen-bond acceptors (Lipinski definition) is 3. The summed E-state index contributed by atoms with van der Waals surface area (Å²) in [6.07, 6.45) is 1.67. The average Bonchev–Trinajstić information content (AvgIpc) is 2.30. The first-order valence-electron chi connectivity index (χ1n) is 4.27. The fraction of sp³-hybridized carbons (Fsp3) is 0. The molecule has 0 atom stereocenters. The number of rotatable bonds is 0. The van der Waals surface area contributed by atoms with E-state index in [0.29, 0.717) is 11.1 Å². The highest BCUT2D eigenvalue weighted by atomic mass is 14.9. The van der Waals surface area contributed by atoms with E-state index < -0.39 is 0 Å². The maximum absolute atomic E-state index is 8.91. The lowest BCUT2D eigenvalue weighted by Crippen LogP contribution is -2.17. The molecule has 0 saturated heterocycles. The van der Waals surface area contributed by atoms with Crippen molar-refractivity contribution >= 4 is 5.52 Å². The van der Waals surface area contributed by atoms with Crippen LogP contribution in [-0.2, 0) is 0 Å². The van der Waals surface area contributed by atoms with E-state index in [1.165, 1.54) is 10.5 Å². The van der Waals surface area contributed by atoms with Gasteiger partial charge in [0.2, 0.25) is 0 Å². The second-order valence-corrected chi connectivity index (χ2v) is 3.00. The van der Waals surface area contributed by atoms with Crippen LogP contribution in [0.4, 0.5) is 0 Å². The zero-order chi connectivity index (χ0) is 10.8. The maximum atomic E-state index is 8.91. The lowest BCUT2D eigenvalue weighted by molar-refractivity contribution is 0.991. The van der Waals surface area contributed by atoms with Gasteiger partial charge in [-0.25, -0.2) is 0 Å². The van der Waals surface area contributed by atoms with E-state index in [-0.39, 0.29) is 11.1 Å². The third-order valence-electron chi connectivity index (χ3n) is 2.16. The number of nitrogens with zero attached hydrogens (tertiary/aromatic N) is 3. The summed E-state index contributed by atoms with van der Waals surface area (Å²) in [4.78, 5) is 0. The van der Waals surface area contributed by atoms with E-state index in [1.54, 1.807) is 24.4 Å². The molecule has 70 valence electrons. The van der Waals surface area contributed by atoms with E-state index in [1.807, 2.05) is 12.1 Å². The van der Waals surface area contributed by atoms with Crippen LogP contribution in [-0.4, -0.2) is 4.40 Å². The molecule has 4 nitrogen and oxygen atoms in total. The summed E-state index contributed by atoms with van der Waals surface area (Å²) < 4.78 is 1.52. The van der Waals surface area contributed by atoms with Gasteiger partial charge in [-0.3, -0.25) is 9.81 Å². The Morgan fingerprint density at radius 3 is 2.53 bits per heavy atom. The highest BCUT2D eigenvalue weighted by Gasteiger charge is 2.04. The molecule has 2 rings (SSSR count). The summed E-state index contributed by atoms with van der Waals surface area (Å²) in [7, 11) is 0. The van der Waals surface area contributed by atoms with Crippen molar-refractivity contribution in [2.75, 3.05) is 0 Å². The van der Waals surface area contributed by atoms with Crippen LogP contribution in [0.2, 0.25) is 0 Å². The van der Waals surface area contributed by atoms with Crippen molar-refractivity contribution in [1.29, 1.82) is 15.9 Å². The van der Waals surface area contributed by atoms with Gasteiger partial charge < -0.3 is 0 Å². The molecule has 4 heteroatoms. The van der Waals surface area contributed by atoms with Gasteiger partial charge in [-0.1, -0.05) is 6.07 Å². The van der Waals surface area contributed by atoms with Crippen LogP contribution >= 0.6 is 0 Å². The molecule has 0 amide bonds. The molecule has 0 aliphatic rings. The Labute approximate surface area is 85.8 Å². The van der Waals surface area contributed by atoms with Crippen LogP contribution in [0.5, 0.6) is 0 Å². The third-order valence-corrected chi connectivity index (χ3v) is 2.16. The second kappa shape index (κ2) is 3.28. The Balaban J connectivity index is 3.07. The normalized spacial score (nSPS) is 9.47. The number of nitrogens with one attached hydrogen (secondary N) is 1. The summed E-state index contributed by atoms with van der Waals surface area (Å²) in [5, 5.41) is 25.5. The van der Waals surface area contributed by atoms with Gasteiger partial charge in [0, 0.05) is 6.20 Å². The molecule has 15 heavy (non-hydrogen) atoms. The molecule has 0 bridgehead atoms. The molecular formula is C11H6N4. The van der Waals surface area contributed by atoms with Gasteiger partial charge in [0.25, 0.3) is 0 Å². The predicted octanol–water partition coefficient (Wildman–Crippen LogP) is 1.16. The monoisotopic (exact) mass is 194 g/mol. The first-order valence-corrected chi connectivity index (χ1v) is 4.27. The molecular weight excluding hydrogens is 188 g/mol. The maximum Gasteiger partial charge on any atom is 0.147 e. The van der Waals surface area contributed by atoms with Gasteiger partial charge in [-0.15, -0.1) is 0 Å². The first kappa shape index (κ1) is 8.98. The predicted molar refractivity (Wildman–Crippen MR) is 52.7 cm³/mol. The minimum Gasteiger partial charge on any atom is -0.300 e. The molecule has 0 unspecified atom stereocenters. The topological polar surface area (TPSA) is 75.8 Å². The van der Waals surface area contributed by atoms with Crippen LogP contribution in [0.3, 0.4) is 0 Å². The highest BCUT2D eigenvalue weighted by Crippen LogP contribution is 2.08. The van der Waals surface area contributed by atoms with E-state index in [9.17, 15) is 0 Å². The van der Waals surface area contributed by atoms with Crippen molar-refractivity contribution < 1.29 is 0 Å². The minimum absolute atomic E-state index is 0.104. The highest BCUT2D eigenvalue weighted by molar-refractivity contribution is 5.62. The average molecular weight is 194 g/mol. The van der Waals surface area contributed by atoms with Gasteiger partial charge in [-0.05, 0) is 18.2 Å². The molecule has 2 aromatic rings. The number of nitriles is 2. The quantitative estimate of drug-likeness (QED) is 0.683. The Morgan fingerprint density at radius 1 is 1.13 bits per heavy atom. The third kappa shape index (κ3) is 1.25. The van der Waals surface area contributed by atoms with Crippen LogP contribution in [0.1, 0.15) is 11.1 Å². The van der Waals surface area contributed by atoms with Gasteiger partial charge >= 0.3 is 0 Å². The summed E-state index contributed by atoms with van der Waals surface area (Å²) in [5.74, 6) is 0. The van der Waals surface area contributed by atoms with Crippen LogP contribution in [0.15, 0.2) is 30.5 Å². The SMILES string of the molecule is N#Cc1cc(C#N)c2ccccn2c1=N. The number of fused-ring (bicyclic) bond motifs is 1. The molecule has 0 spiro atoms. The molecule has 0 aliphatic heterocycles. The van der Waals surface area contributed by atoms with Crippen molar-refractivity contribution in [1.82, 2.24) is 4.40 Å². The minimum atomic E-state index is 0.104. The Hall–Kier alpha value is -2.59. The first-order chi connectivity index (χ1) is 7.27. The molecule has 2 aromatic heterocycles. The van der Waals surface area contributed by atoms with Crippen LogP contribution in [0, 0.1) is 28.1 Å². The zero-order valence-electron chi connectivity index (χ0n) is 7.73. The standard InChI is InChI=1S/C11H6N4/c12-6-8-5-9(7-13)11(14)15-4-2-1-3-10(8)15/h1-5,14H. The summed E-state index contributed by atoms with van der Waals surface area (Å²) in [6.45, 7) is 0. The van der Waals surface area contributed by atoms with Gasteiger partial charge in [0.15, 0.2) is 0 Å². The van der Waals surface area contributed by atoms with E-state index >= 15 is 0 Å². The van der Waals surface area contributed by atoms with E-state index in [4.69, 9.17) is 15.9 Å². The van der Waals surface area contributed by atoms with Crippen LogP contribution in [0.25, 0.3) is 5.52 Å². The van der Waals surface area contributed by atoms with Crippen molar-refractivity contribution in [3.8, 4) is 12.1 Å². The van der Waals surface area contributed by atoms with Crippen molar-refractivity contribution in [2.24, 2.45) is 0 Å². The number of pyridine rings is 2. The molecule has 2 heterocycles. The van der Waals surface area contributed by atoms with Gasteiger partial charge in [0.1, 0.15) is 17.6 Å².